The third kappa shape index (κ3) is 5.84. The lowest BCUT2D eigenvalue weighted by Crippen LogP contribution is -2.42. The zero-order valence-electron chi connectivity index (χ0n) is 21.8. The largest absolute Gasteiger partial charge is 0.376 e. The van der Waals surface area contributed by atoms with E-state index >= 15 is 0 Å². The predicted octanol–water partition coefficient (Wildman–Crippen LogP) is 5.42. The fourth-order valence-corrected chi connectivity index (χ4v) is 4.77. The van der Waals surface area contributed by atoms with E-state index in [1.165, 1.54) is 0 Å². The summed E-state index contributed by atoms with van der Waals surface area (Å²) in [7, 11) is 0. The fourth-order valence-electron chi connectivity index (χ4n) is 4.77. The Kier molecular flexibility index (Phi) is 7.65. The molecule has 1 atom stereocenters. The van der Waals surface area contributed by atoms with Crippen LogP contribution in [0, 0.1) is 13.8 Å². The molecule has 2 amide bonds. The highest BCUT2D eigenvalue weighted by Gasteiger charge is 2.26. The number of carbonyl (C=O) groups is 2. The Morgan fingerprint density at radius 1 is 1.03 bits per heavy atom. The molecule has 0 aliphatic carbocycles. The number of hydrogen-bond acceptors (Lipinski definition) is 4. The van der Waals surface area contributed by atoms with E-state index in [0.29, 0.717) is 24.7 Å². The molecule has 0 radical (unpaired) electrons. The lowest BCUT2D eigenvalue weighted by atomic mass is 10.1. The lowest BCUT2D eigenvalue weighted by molar-refractivity contribution is -0.117. The molecule has 1 saturated heterocycles. The van der Waals surface area contributed by atoms with Gasteiger partial charge in [0.1, 0.15) is 6.54 Å². The van der Waals surface area contributed by atoms with Crippen molar-refractivity contribution in [3.63, 3.8) is 0 Å². The van der Waals surface area contributed by atoms with Gasteiger partial charge in [-0.3, -0.25) is 19.5 Å². The Labute approximate surface area is 223 Å². The highest BCUT2D eigenvalue weighted by atomic mass is 16.5. The molecule has 1 aliphatic rings. The van der Waals surface area contributed by atoms with Crippen molar-refractivity contribution in [3.05, 3.63) is 102 Å². The molecular weight excluding hydrogens is 476 g/mol. The van der Waals surface area contributed by atoms with Crippen LogP contribution < -0.4 is 5.32 Å². The fraction of sp³-hybridized carbons (Fsp3) is 0.258. The van der Waals surface area contributed by atoms with Crippen molar-refractivity contribution in [1.82, 2.24) is 14.5 Å². The molecule has 0 saturated carbocycles. The average molecular weight is 509 g/mol. The molecule has 0 bridgehead atoms. The number of aryl methyl sites for hydroxylation is 2. The van der Waals surface area contributed by atoms with Crippen molar-refractivity contribution >= 4 is 17.8 Å². The Balaban J connectivity index is 1.42. The van der Waals surface area contributed by atoms with Gasteiger partial charge in [0.05, 0.1) is 11.8 Å². The maximum atomic E-state index is 13.5. The van der Waals surface area contributed by atoms with Gasteiger partial charge in [-0.1, -0.05) is 60.7 Å². The van der Waals surface area contributed by atoms with Crippen LogP contribution in [0.5, 0.6) is 0 Å². The summed E-state index contributed by atoms with van der Waals surface area (Å²) in [5.74, 6) is -0.0929. The third-order valence-corrected chi connectivity index (χ3v) is 6.75. The molecule has 7 heteroatoms. The number of ether oxygens (including phenoxy) is 1. The van der Waals surface area contributed by atoms with Gasteiger partial charge in [-0.15, -0.1) is 0 Å². The summed E-state index contributed by atoms with van der Waals surface area (Å²) in [6.07, 6.45) is 3.67. The molecular formula is C31H32N4O3. The highest BCUT2D eigenvalue weighted by Crippen LogP contribution is 2.25. The van der Waals surface area contributed by atoms with Gasteiger partial charge < -0.3 is 9.64 Å². The molecule has 7 nitrogen and oxygen atoms in total. The number of benzene rings is 3. The van der Waals surface area contributed by atoms with Gasteiger partial charge in [0.25, 0.3) is 5.91 Å². The maximum absolute atomic E-state index is 13.5. The Hall–Kier alpha value is -4.23. The first-order valence-electron chi connectivity index (χ1n) is 13.0. The van der Waals surface area contributed by atoms with Crippen LogP contribution in [0.1, 0.15) is 34.3 Å². The van der Waals surface area contributed by atoms with Crippen LogP contribution in [0.25, 0.3) is 16.9 Å². The van der Waals surface area contributed by atoms with Gasteiger partial charge in [-0.2, -0.15) is 0 Å². The number of anilines is 1. The molecule has 194 valence electrons. The Bertz CT molecular complexity index is 1420. The quantitative estimate of drug-likeness (QED) is 0.345. The Morgan fingerprint density at radius 2 is 1.82 bits per heavy atom. The molecule has 5 rings (SSSR count). The van der Waals surface area contributed by atoms with Crippen LogP contribution in [-0.4, -0.2) is 52.1 Å². The zero-order valence-corrected chi connectivity index (χ0v) is 21.8. The summed E-state index contributed by atoms with van der Waals surface area (Å²) in [6.45, 7) is 4.87. The first kappa shape index (κ1) is 25.4. The topological polar surface area (TPSA) is 76.5 Å². The number of nitrogens with one attached hydrogen (secondary N) is 1. The molecule has 0 spiro atoms. The van der Waals surface area contributed by atoms with E-state index in [2.05, 4.69) is 5.32 Å². The SMILES string of the molecule is Cc1cccc(-n2cc(-c3ccccc3)nc2NC(=O)CN(C[C@@H]2CCCO2)C(=O)c2ccccc2C)c1. The predicted molar refractivity (Wildman–Crippen MR) is 148 cm³/mol. The second-order valence-electron chi connectivity index (χ2n) is 9.71. The minimum Gasteiger partial charge on any atom is -0.376 e. The van der Waals surface area contributed by atoms with Gasteiger partial charge >= 0.3 is 0 Å². The number of hydrogen-bond donors (Lipinski definition) is 1. The zero-order chi connectivity index (χ0) is 26.5. The summed E-state index contributed by atoms with van der Waals surface area (Å²) in [4.78, 5) is 33.3. The molecule has 38 heavy (non-hydrogen) atoms. The number of carbonyl (C=O) groups excluding carboxylic acids is 2. The average Bonchev–Trinajstić information content (AvgIpc) is 3.59. The van der Waals surface area contributed by atoms with Crippen LogP contribution in [0.3, 0.4) is 0 Å². The monoisotopic (exact) mass is 508 g/mol. The van der Waals surface area contributed by atoms with E-state index in [9.17, 15) is 9.59 Å². The van der Waals surface area contributed by atoms with E-state index in [1.54, 1.807) is 11.0 Å². The molecule has 1 aromatic heterocycles. The second-order valence-corrected chi connectivity index (χ2v) is 9.71. The number of amides is 2. The second kappa shape index (κ2) is 11.4. The molecule has 4 aromatic rings. The van der Waals surface area contributed by atoms with Gasteiger partial charge in [0.15, 0.2) is 0 Å². The van der Waals surface area contributed by atoms with Crippen molar-refractivity contribution < 1.29 is 14.3 Å². The van der Waals surface area contributed by atoms with Gasteiger partial charge in [0.2, 0.25) is 11.9 Å². The van der Waals surface area contributed by atoms with Crippen LogP contribution in [0.15, 0.2) is 85.1 Å². The van der Waals surface area contributed by atoms with Crippen LogP contribution in [-0.2, 0) is 9.53 Å². The van der Waals surface area contributed by atoms with Crippen molar-refractivity contribution in [2.24, 2.45) is 0 Å². The maximum Gasteiger partial charge on any atom is 0.254 e. The summed E-state index contributed by atoms with van der Waals surface area (Å²) < 4.78 is 7.67. The molecule has 1 fully saturated rings. The van der Waals surface area contributed by atoms with Gasteiger partial charge in [0, 0.05) is 36.2 Å². The van der Waals surface area contributed by atoms with Gasteiger partial charge in [-0.05, 0) is 56.0 Å². The number of imidazole rings is 1. The smallest absolute Gasteiger partial charge is 0.254 e. The highest BCUT2D eigenvalue weighted by molar-refractivity contribution is 6.00. The van der Waals surface area contributed by atoms with E-state index in [-0.39, 0.29) is 24.5 Å². The molecule has 1 N–H and O–H groups in total. The summed E-state index contributed by atoms with van der Waals surface area (Å²) in [5, 5.41) is 2.97. The summed E-state index contributed by atoms with van der Waals surface area (Å²) >= 11 is 0. The van der Waals surface area contributed by atoms with Crippen molar-refractivity contribution in [2.75, 3.05) is 25.0 Å². The Morgan fingerprint density at radius 3 is 2.55 bits per heavy atom. The van der Waals surface area contributed by atoms with E-state index < -0.39 is 0 Å². The van der Waals surface area contributed by atoms with Gasteiger partial charge in [-0.25, -0.2) is 4.98 Å². The summed E-state index contributed by atoms with van der Waals surface area (Å²) in [5.41, 5.74) is 5.14. The molecule has 1 aliphatic heterocycles. The number of aromatic nitrogens is 2. The number of nitrogens with zero attached hydrogens (tertiary/aromatic N) is 3. The first-order valence-corrected chi connectivity index (χ1v) is 13.0. The van der Waals surface area contributed by atoms with E-state index in [0.717, 1.165) is 40.9 Å². The lowest BCUT2D eigenvalue weighted by Gasteiger charge is -2.25. The standard InChI is InChI=1S/C31H32N4O3/c1-22-10-8-14-25(18-22)35-20-28(24-12-4-3-5-13-24)32-31(35)33-29(36)21-34(19-26-15-9-17-38-26)30(37)27-16-7-6-11-23(27)2/h3-8,10-14,16,18,20,26H,9,15,17,19,21H2,1-2H3,(H,32,33,36)/t26-/m0/s1. The van der Waals surface area contributed by atoms with Crippen molar-refractivity contribution in [3.8, 4) is 16.9 Å². The van der Waals surface area contributed by atoms with E-state index in [1.807, 2.05) is 97.4 Å². The van der Waals surface area contributed by atoms with Crippen LogP contribution in [0.2, 0.25) is 0 Å². The molecule has 2 heterocycles. The minimum atomic E-state index is -0.316. The summed E-state index contributed by atoms with van der Waals surface area (Å²) in [6, 6.07) is 25.3. The van der Waals surface area contributed by atoms with Crippen LogP contribution in [0.4, 0.5) is 5.95 Å². The normalized spacial score (nSPS) is 14.8. The van der Waals surface area contributed by atoms with Crippen molar-refractivity contribution in [1.29, 1.82) is 0 Å². The molecule has 3 aromatic carbocycles. The van der Waals surface area contributed by atoms with E-state index in [4.69, 9.17) is 9.72 Å². The molecule has 0 unspecified atom stereocenters. The van der Waals surface area contributed by atoms with Crippen LogP contribution >= 0.6 is 0 Å². The third-order valence-electron chi connectivity index (χ3n) is 6.75. The first-order chi connectivity index (χ1) is 18.5. The minimum absolute atomic E-state index is 0.0743. The number of rotatable bonds is 8. The van der Waals surface area contributed by atoms with Crippen molar-refractivity contribution in [2.45, 2.75) is 32.8 Å².